The molecule has 0 heterocycles. The molecule has 0 spiro atoms. The van der Waals surface area contributed by atoms with Crippen molar-refractivity contribution in [1.82, 2.24) is 0 Å². The standard InChI is InChI=1S/C15H28/c1-13-7-4-5-8-14(2)11-12-15(3)10-6-9-13/h10,13-14H,4-9,11-12H2,1-3H3/b15-10-. The van der Waals surface area contributed by atoms with Crippen molar-refractivity contribution in [3.8, 4) is 0 Å². The molecule has 0 N–H and O–H groups in total. The third-order valence-electron chi connectivity index (χ3n) is 3.83. The van der Waals surface area contributed by atoms with E-state index in [2.05, 4.69) is 26.8 Å². The van der Waals surface area contributed by atoms with Gasteiger partial charge in [0.25, 0.3) is 0 Å². The Kier molecular flexibility index (Phi) is 6.05. The molecule has 1 aliphatic carbocycles. The van der Waals surface area contributed by atoms with E-state index in [1.807, 2.05) is 0 Å². The maximum absolute atomic E-state index is 2.48. The first-order valence-electron chi connectivity index (χ1n) is 6.84. The van der Waals surface area contributed by atoms with Crippen LogP contribution in [0.1, 0.15) is 72.1 Å². The molecular weight excluding hydrogens is 180 g/mol. The Morgan fingerprint density at radius 3 is 2.20 bits per heavy atom. The summed E-state index contributed by atoms with van der Waals surface area (Å²) in [6, 6.07) is 0. The highest BCUT2D eigenvalue weighted by molar-refractivity contribution is 4.98. The van der Waals surface area contributed by atoms with Gasteiger partial charge in [0.05, 0.1) is 0 Å². The average molecular weight is 208 g/mol. The van der Waals surface area contributed by atoms with Crippen molar-refractivity contribution in [3.05, 3.63) is 11.6 Å². The van der Waals surface area contributed by atoms with Crippen molar-refractivity contribution in [2.24, 2.45) is 11.8 Å². The van der Waals surface area contributed by atoms with E-state index in [1.165, 1.54) is 51.4 Å². The van der Waals surface area contributed by atoms with Gasteiger partial charge in [-0.1, -0.05) is 51.2 Å². The molecule has 0 heteroatoms. The summed E-state index contributed by atoms with van der Waals surface area (Å²) < 4.78 is 0. The van der Waals surface area contributed by atoms with Crippen LogP contribution in [-0.4, -0.2) is 0 Å². The molecule has 0 aromatic carbocycles. The Balaban J connectivity index is 2.41. The summed E-state index contributed by atoms with van der Waals surface area (Å²) in [6.45, 7) is 7.14. The number of hydrogen-bond donors (Lipinski definition) is 0. The molecule has 0 aromatic rings. The van der Waals surface area contributed by atoms with Crippen LogP contribution in [0.25, 0.3) is 0 Å². The zero-order valence-corrected chi connectivity index (χ0v) is 10.9. The minimum absolute atomic E-state index is 0.933. The Labute approximate surface area is 96.2 Å². The molecule has 2 unspecified atom stereocenters. The third kappa shape index (κ3) is 6.02. The third-order valence-corrected chi connectivity index (χ3v) is 3.83. The minimum atomic E-state index is 0.933. The Hall–Kier alpha value is -0.260. The van der Waals surface area contributed by atoms with Gasteiger partial charge in [0.1, 0.15) is 0 Å². The van der Waals surface area contributed by atoms with Gasteiger partial charge in [0.2, 0.25) is 0 Å². The van der Waals surface area contributed by atoms with Gasteiger partial charge in [-0.3, -0.25) is 0 Å². The summed E-state index contributed by atoms with van der Waals surface area (Å²) in [4.78, 5) is 0. The topological polar surface area (TPSA) is 0 Å². The van der Waals surface area contributed by atoms with Crippen molar-refractivity contribution < 1.29 is 0 Å². The van der Waals surface area contributed by atoms with Gasteiger partial charge in [-0.25, -0.2) is 0 Å². The maximum Gasteiger partial charge on any atom is -0.0321 e. The molecule has 0 nitrogen and oxygen atoms in total. The quantitative estimate of drug-likeness (QED) is 0.471. The van der Waals surface area contributed by atoms with E-state index in [-0.39, 0.29) is 0 Å². The lowest BCUT2D eigenvalue weighted by atomic mass is 9.91. The van der Waals surface area contributed by atoms with Crippen LogP contribution in [0, 0.1) is 11.8 Å². The van der Waals surface area contributed by atoms with E-state index in [1.54, 1.807) is 5.57 Å². The van der Waals surface area contributed by atoms with E-state index in [4.69, 9.17) is 0 Å². The second-order valence-corrected chi connectivity index (χ2v) is 5.66. The fourth-order valence-corrected chi connectivity index (χ4v) is 2.46. The predicted molar refractivity (Wildman–Crippen MR) is 69.0 cm³/mol. The molecule has 2 atom stereocenters. The molecule has 0 amide bonds. The minimum Gasteiger partial charge on any atom is -0.0856 e. The fraction of sp³-hybridized carbons (Fsp3) is 0.867. The highest BCUT2D eigenvalue weighted by atomic mass is 14.1. The van der Waals surface area contributed by atoms with Gasteiger partial charge in [-0.05, 0) is 44.4 Å². The fourth-order valence-electron chi connectivity index (χ4n) is 2.46. The van der Waals surface area contributed by atoms with Crippen molar-refractivity contribution >= 4 is 0 Å². The lowest BCUT2D eigenvalue weighted by Crippen LogP contribution is -1.99. The highest BCUT2D eigenvalue weighted by Crippen LogP contribution is 2.22. The van der Waals surface area contributed by atoms with E-state index in [0.717, 1.165) is 11.8 Å². The maximum atomic E-state index is 2.48. The van der Waals surface area contributed by atoms with Crippen molar-refractivity contribution in [2.75, 3.05) is 0 Å². The van der Waals surface area contributed by atoms with Crippen LogP contribution < -0.4 is 0 Å². The van der Waals surface area contributed by atoms with Crippen LogP contribution in [-0.2, 0) is 0 Å². The molecule has 1 aliphatic rings. The van der Waals surface area contributed by atoms with Crippen molar-refractivity contribution in [1.29, 1.82) is 0 Å². The SMILES string of the molecule is C/C1=C/CCC(C)CCCCC(C)CC1. The van der Waals surface area contributed by atoms with Gasteiger partial charge in [-0.15, -0.1) is 0 Å². The zero-order chi connectivity index (χ0) is 11.1. The second kappa shape index (κ2) is 7.09. The summed E-state index contributed by atoms with van der Waals surface area (Å²) >= 11 is 0. The Morgan fingerprint density at radius 1 is 0.933 bits per heavy atom. The molecule has 0 aromatic heterocycles. The van der Waals surface area contributed by atoms with E-state index in [0.29, 0.717) is 0 Å². The van der Waals surface area contributed by atoms with Crippen LogP contribution in [0.15, 0.2) is 11.6 Å². The molecule has 88 valence electrons. The number of hydrogen-bond acceptors (Lipinski definition) is 0. The molecule has 0 saturated heterocycles. The first-order valence-corrected chi connectivity index (χ1v) is 6.84. The summed E-state index contributed by atoms with van der Waals surface area (Å²) in [5.74, 6) is 1.87. The summed E-state index contributed by atoms with van der Waals surface area (Å²) in [5.41, 5.74) is 1.62. The Bertz CT molecular complexity index is 190. The first kappa shape index (κ1) is 12.8. The molecular formula is C15H28. The lowest BCUT2D eigenvalue weighted by Gasteiger charge is -2.15. The molecule has 0 saturated carbocycles. The molecule has 0 fully saturated rings. The molecule has 0 aliphatic heterocycles. The van der Waals surface area contributed by atoms with E-state index < -0.39 is 0 Å². The summed E-state index contributed by atoms with van der Waals surface area (Å²) in [5, 5.41) is 0. The largest absolute Gasteiger partial charge is 0.0856 e. The smallest absolute Gasteiger partial charge is 0.0321 e. The normalized spacial score (nSPS) is 34.7. The van der Waals surface area contributed by atoms with Crippen LogP contribution in [0.3, 0.4) is 0 Å². The lowest BCUT2D eigenvalue weighted by molar-refractivity contribution is 0.417. The zero-order valence-electron chi connectivity index (χ0n) is 10.9. The summed E-state index contributed by atoms with van der Waals surface area (Å²) in [7, 11) is 0. The Morgan fingerprint density at radius 2 is 1.53 bits per heavy atom. The van der Waals surface area contributed by atoms with Crippen molar-refractivity contribution in [2.45, 2.75) is 72.1 Å². The first-order chi connectivity index (χ1) is 7.18. The van der Waals surface area contributed by atoms with Crippen molar-refractivity contribution in [3.63, 3.8) is 0 Å². The number of allylic oxidation sites excluding steroid dienone is 2. The van der Waals surface area contributed by atoms with Crippen LogP contribution >= 0.6 is 0 Å². The van der Waals surface area contributed by atoms with Gasteiger partial charge in [-0.2, -0.15) is 0 Å². The average Bonchev–Trinajstić information content (AvgIpc) is 2.20. The molecule has 1 rings (SSSR count). The van der Waals surface area contributed by atoms with Crippen LogP contribution in [0.5, 0.6) is 0 Å². The van der Waals surface area contributed by atoms with Gasteiger partial charge in [0.15, 0.2) is 0 Å². The van der Waals surface area contributed by atoms with Crippen LogP contribution in [0.2, 0.25) is 0 Å². The van der Waals surface area contributed by atoms with Gasteiger partial charge < -0.3 is 0 Å². The van der Waals surface area contributed by atoms with Gasteiger partial charge >= 0.3 is 0 Å². The number of rotatable bonds is 0. The molecule has 0 bridgehead atoms. The monoisotopic (exact) mass is 208 g/mol. The van der Waals surface area contributed by atoms with Crippen LogP contribution in [0.4, 0.5) is 0 Å². The van der Waals surface area contributed by atoms with E-state index in [9.17, 15) is 0 Å². The summed E-state index contributed by atoms with van der Waals surface area (Å²) in [6.07, 6.45) is 13.7. The second-order valence-electron chi connectivity index (χ2n) is 5.66. The van der Waals surface area contributed by atoms with Gasteiger partial charge in [0, 0.05) is 0 Å². The molecule has 0 radical (unpaired) electrons. The predicted octanol–water partition coefficient (Wildman–Crippen LogP) is 5.34. The molecule has 15 heavy (non-hydrogen) atoms. The highest BCUT2D eigenvalue weighted by Gasteiger charge is 2.06. The van der Waals surface area contributed by atoms with E-state index >= 15 is 0 Å².